The van der Waals surface area contributed by atoms with Crippen LogP contribution in [-0.4, -0.2) is 41.7 Å². The van der Waals surface area contributed by atoms with Gasteiger partial charge in [-0.05, 0) is 31.5 Å². The topological polar surface area (TPSA) is 49.8 Å². The number of halogens is 2. The SMILES string of the molecule is O=C(O)[C@H]1CCCN1CCOc1c(Cl)cccc1Cl. The molecule has 0 saturated carbocycles. The molecule has 0 unspecified atom stereocenters. The van der Waals surface area contributed by atoms with Gasteiger partial charge in [-0.3, -0.25) is 9.69 Å². The molecule has 0 amide bonds. The average Bonchev–Trinajstić information content (AvgIpc) is 2.81. The van der Waals surface area contributed by atoms with Gasteiger partial charge >= 0.3 is 5.97 Å². The molecule has 1 heterocycles. The third-order valence-electron chi connectivity index (χ3n) is 3.19. The fourth-order valence-corrected chi connectivity index (χ4v) is 2.77. The second-order valence-electron chi connectivity index (χ2n) is 4.43. The molecule has 0 radical (unpaired) electrons. The molecule has 1 N–H and O–H groups in total. The van der Waals surface area contributed by atoms with Gasteiger partial charge in [-0.25, -0.2) is 0 Å². The lowest BCUT2D eigenvalue weighted by Crippen LogP contribution is -2.38. The van der Waals surface area contributed by atoms with E-state index in [1.54, 1.807) is 18.2 Å². The smallest absolute Gasteiger partial charge is 0.320 e. The van der Waals surface area contributed by atoms with Gasteiger partial charge in [0.05, 0.1) is 10.0 Å². The first-order valence-electron chi connectivity index (χ1n) is 6.13. The fourth-order valence-electron chi connectivity index (χ4n) is 2.26. The van der Waals surface area contributed by atoms with Crippen LogP contribution < -0.4 is 4.74 Å². The maximum Gasteiger partial charge on any atom is 0.320 e. The molecule has 0 spiro atoms. The molecule has 0 bridgehead atoms. The summed E-state index contributed by atoms with van der Waals surface area (Å²) in [6.45, 7) is 1.71. The Kier molecular flexibility index (Phi) is 4.91. The molecule has 0 aliphatic carbocycles. The third-order valence-corrected chi connectivity index (χ3v) is 3.79. The fraction of sp³-hybridized carbons (Fsp3) is 0.462. The van der Waals surface area contributed by atoms with Crippen LogP contribution in [0.4, 0.5) is 0 Å². The lowest BCUT2D eigenvalue weighted by Gasteiger charge is -2.21. The first-order valence-corrected chi connectivity index (χ1v) is 6.89. The molecule has 2 rings (SSSR count). The molecule has 4 nitrogen and oxygen atoms in total. The second kappa shape index (κ2) is 6.46. The Bertz CT molecular complexity index is 447. The summed E-state index contributed by atoms with van der Waals surface area (Å²) in [7, 11) is 0. The van der Waals surface area contributed by atoms with E-state index in [1.807, 2.05) is 4.90 Å². The van der Waals surface area contributed by atoms with E-state index in [-0.39, 0.29) is 0 Å². The molecule has 6 heteroatoms. The zero-order valence-electron chi connectivity index (χ0n) is 10.3. The number of benzene rings is 1. The highest BCUT2D eigenvalue weighted by molar-refractivity contribution is 6.37. The maximum atomic E-state index is 11.0. The molecule has 1 aliphatic heterocycles. The number of hydrogen-bond acceptors (Lipinski definition) is 3. The summed E-state index contributed by atoms with van der Waals surface area (Å²) in [5, 5.41) is 9.99. The molecule has 19 heavy (non-hydrogen) atoms. The number of nitrogens with zero attached hydrogens (tertiary/aromatic N) is 1. The Morgan fingerprint density at radius 1 is 1.42 bits per heavy atom. The first-order chi connectivity index (χ1) is 9.09. The number of para-hydroxylation sites is 1. The van der Waals surface area contributed by atoms with Crippen molar-refractivity contribution in [3.05, 3.63) is 28.2 Å². The molecular formula is C13H15Cl2NO3. The van der Waals surface area contributed by atoms with Crippen LogP contribution in [0.2, 0.25) is 10.0 Å². The highest BCUT2D eigenvalue weighted by atomic mass is 35.5. The molecule has 104 valence electrons. The number of carboxylic acids is 1. The minimum Gasteiger partial charge on any atom is -0.489 e. The highest BCUT2D eigenvalue weighted by Gasteiger charge is 2.29. The van der Waals surface area contributed by atoms with Gasteiger partial charge in [-0.1, -0.05) is 29.3 Å². The highest BCUT2D eigenvalue weighted by Crippen LogP contribution is 2.32. The minimum atomic E-state index is -0.770. The van der Waals surface area contributed by atoms with E-state index in [1.165, 1.54) is 0 Å². The second-order valence-corrected chi connectivity index (χ2v) is 5.25. The molecule has 0 aromatic heterocycles. The zero-order chi connectivity index (χ0) is 13.8. The van der Waals surface area contributed by atoms with E-state index in [0.717, 1.165) is 13.0 Å². The van der Waals surface area contributed by atoms with Crippen LogP contribution >= 0.6 is 23.2 Å². The van der Waals surface area contributed by atoms with Crippen LogP contribution in [0.5, 0.6) is 5.75 Å². The molecule has 1 aromatic carbocycles. The summed E-state index contributed by atoms with van der Waals surface area (Å²) >= 11 is 12.0. The molecule has 1 aliphatic rings. The van der Waals surface area contributed by atoms with E-state index in [0.29, 0.717) is 35.4 Å². The van der Waals surface area contributed by atoms with Crippen molar-refractivity contribution in [1.29, 1.82) is 0 Å². The normalized spacial score (nSPS) is 19.6. The van der Waals surface area contributed by atoms with Crippen LogP contribution in [0.3, 0.4) is 0 Å². The van der Waals surface area contributed by atoms with Gasteiger partial charge in [-0.15, -0.1) is 0 Å². The number of carbonyl (C=O) groups is 1. The number of ether oxygens (including phenoxy) is 1. The Morgan fingerprint density at radius 3 is 2.74 bits per heavy atom. The summed E-state index contributed by atoms with van der Waals surface area (Å²) < 4.78 is 5.56. The van der Waals surface area contributed by atoms with Crippen molar-refractivity contribution in [1.82, 2.24) is 4.90 Å². The van der Waals surface area contributed by atoms with E-state index in [2.05, 4.69) is 0 Å². The van der Waals surface area contributed by atoms with Crippen LogP contribution in [0.25, 0.3) is 0 Å². The lowest BCUT2D eigenvalue weighted by atomic mass is 10.2. The van der Waals surface area contributed by atoms with Crippen molar-refractivity contribution in [2.45, 2.75) is 18.9 Å². The summed E-state index contributed by atoms with van der Waals surface area (Å²) in [5.74, 6) is -0.315. The number of carboxylic acid groups (broad SMARTS) is 1. The number of hydrogen-bond donors (Lipinski definition) is 1. The van der Waals surface area contributed by atoms with E-state index < -0.39 is 12.0 Å². The number of aliphatic carboxylic acids is 1. The summed E-state index contributed by atoms with van der Waals surface area (Å²) in [6, 6.07) is 4.76. The summed E-state index contributed by atoms with van der Waals surface area (Å²) in [5.41, 5.74) is 0. The van der Waals surface area contributed by atoms with Crippen LogP contribution in [0.15, 0.2) is 18.2 Å². The Labute approximate surface area is 121 Å². The van der Waals surface area contributed by atoms with Gasteiger partial charge in [0.15, 0.2) is 5.75 Å². The van der Waals surface area contributed by atoms with Crippen molar-refractivity contribution in [3.8, 4) is 5.75 Å². The van der Waals surface area contributed by atoms with Crippen LogP contribution in [-0.2, 0) is 4.79 Å². The molecule has 1 saturated heterocycles. The van der Waals surface area contributed by atoms with Gasteiger partial charge in [0, 0.05) is 6.54 Å². The molecule has 1 aromatic rings. The molecular weight excluding hydrogens is 289 g/mol. The Hall–Kier alpha value is -0.970. The van der Waals surface area contributed by atoms with Gasteiger partial charge in [-0.2, -0.15) is 0 Å². The van der Waals surface area contributed by atoms with Crippen molar-refractivity contribution in [2.75, 3.05) is 19.7 Å². The van der Waals surface area contributed by atoms with Crippen LogP contribution in [0.1, 0.15) is 12.8 Å². The molecule has 1 fully saturated rings. The Morgan fingerprint density at radius 2 is 2.11 bits per heavy atom. The lowest BCUT2D eigenvalue weighted by molar-refractivity contribution is -0.142. The predicted molar refractivity (Wildman–Crippen MR) is 74.2 cm³/mol. The van der Waals surface area contributed by atoms with Gasteiger partial charge in [0.25, 0.3) is 0 Å². The first kappa shape index (κ1) is 14.4. The van der Waals surface area contributed by atoms with Crippen molar-refractivity contribution < 1.29 is 14.6 Å². The van der Waals surface area contributed by atoms with Gasteiger partial charge in [0.1, 0.15) is 12.6 Å². The largest absolute Gasteiger partial charge is 0.489 e. The van der Waals surface area contributed by atoms with Crippen LogP contribution in [0, 0.1) is 0 Å². The average molecular weight is 304 g/mol. The number of likely N-dealkylation sites (tertiary alicyclic amines) is 1. The minimum absolute atomic E-state index is 0.368. The predicted octanol–water partition coefficient (Wildman–Crippen LogP) is 2.92. The van der Waals surface area contributed by atoms with Gasteiger partial charge < -0.3 is 9.84 Å². The zero-order valence-corrected chi connectivity index (χ0v) is 11.8. The monoisotopic (exact) mass is 303 g/mol. The van der Waals surface area contributed by atoms with Crippen molar-refractivity contribution in [2.24, 2.45) is 0 Å². The Balaban J connectivity index is 1.88. The standard InChI is InChI=1S/C13H15Cl2NO3/c14-9-3-1-4-10(15)12(9)19-8-7-16-6-2-5-11(16)13(17)18/h1,3-4,11H,2,5-8H2,(H,17,18)/t11-/m1/s1. The van der Waals surface area contributed by atoms with Crippen molar-refractivity contribution in [3.63, 3.8) is 0 Å². The summed E-state index contributed by atoms with van der Waals surface area (Å²) in [4.78, 5) is 12.9. The molecule has 1 atom stereocenters. The maximum absolute atomic E-state index is 11.0. The quantitative estimate of drug-likeness (QED) is 0.908. The summed E-state index contributed by atoms with van der Waals surface area (Å²) in [6.07, 6.45) is 1.60. The third kappa shape index (κ3) is 3.53. The van der Waals surface area contributed by atoms with E-state index in [9.17, 15) is 4.79 Å². The van der Waals surface area contributed by atoms with E-state index in [4.69, 9.17) is 33.0 Å². The van der Waals surface area contributed by atoms with E-state index >= 15 is 0 Å². The van der Waals surface area contributed by atoms with Crippen molar-refractivity contribution >= 4 is 29.2 Å². The number of rotatable bonds is 5. The van der Waals surface area contributed by atoms with Gasteiger partial charge in [0.2, 0.25) is 0 Å².